The van der Waals surface area contributed by atoms with E-state index < -0.39 is 0 Å². The minimum atomic E-state index is 0.133. The van der Waals surface area contributed by atoms with Gasteiger partial charge in [-0.2, -0.15) is 0 Å². The van der Waals surface area contributed by atoms with Crippen molar-refractivity contribution in [3.63, 3.8) is 0 Å². The van der Waals surface area contributed by atoms with Gasteiger partial charge >= 0.3 is 0 Å². The molecule has 0 fully saturated rings. The van der Waals surface area contributed by atoms with Crippen molar-refractivity contribution in [1.82, 2.24) is 0 Å². The van der Waals surface area contributed by atoms with Gasteiger partial charge in [0.25, 0.3) is 0 Å². The second kappa shape index (κ2) is 9.59. The highest BCUT2D eigenvalue weighted by Crippen LogP contribution is 2.22. The lowest BCUT2D eigenvalue weighted by atomic mass is 9.89. The van der Waals surface area contributed by atoms with Gasteiger partial charge in [0.05, 0.1) is 0 Å². The molecule has 0 bridgehead atoms. The largest absolute Gasteiger partial charge is 0.326 e. The van der Waals surface area contributed by atoms with Gasteiger partial charge in [0.2, 0.25) is 5.91 Å². The zero-order valence-electron chi connectivity index (χ0n) is 14.0. The molecule has 2 nitrogen and oxygen atoms in total. The van der Waals surface area contributed by atoms with Crippen molar-refractivity contribution in [2.45, 2.75) is 72.1 Å². The van der Waals surface area contributed by atoms with Crippen LogP contribution in [0.4, 0.5) is 5.69 Å². The highest BCUT2D eigenvalue weighted by molar-refractivity contribution is 5.90. The van der Waals surface area contributed by atoms with Crippen LogP contribution in [-0.4, -0.2) is 5.91 Å². The lowest BCUT2D eigenvalue weighted by molar-refractivity contribution is -0.116. The van der Waals surface area contributed by atoms with E-state index in [1.54, 1.807) is 0 Å². The molecule has 0 unspecified atom stereocenters. The number of carbonyl (C=O) groups excluding carboxylic acids is 1. The molecule has 0 spiro atoms. The molecule has 0 aliphatic rings. The van der Waals surface area contributed by atoms with Crippen molar-refractivity contribution in [3.8, 4) is 0 Å². The van der Waals surface area contributed by atoms with Crippen molar-refractivity contribution in [2.24, 2.45) is 5.41 Å². The van der Waals surface area contributed by atoms with Crippen LogP contribution in [-0.2, 0) is 4.79 Å². The maximum atomic E-state index is 11.7. The Morgan fingerprint density at radius 3 is 2.10 bits per heavy atom. The predicted molar refractivity (Wildman–Crippen MR) is 91.5 cm³/mol. The zero-order valence-corrected chi connectivity index (χ0v) is 14.0. The van der Waals surface area contributed by atoms with Crippen LogP contribution in [0.25, 0.3) is 0 Å². The van der Waals surface area contributed by atoms with E-state index in [9.17, 15) is 4.79 Å². The van der Waals surface area contributed by atoms with Gasteiger partial charge in [-0.15, -0.1) is 0 Å². The molecule has 21 heavy (non-hydrogen) atoms. The molecule has 0 aliphatic heterocycles. The lowest BCUT2D eigenvalue weighted by Crippen LogP contribution is -2.10. The molecule has 1 rings (SSSR count). The second-order valence-corrected chi connectivity index (χ2v) is 7.10. The van der Waals surface area contributed by atoms with Gasteiger partial charge in [-0.1, -0.05) is 71.1 Å². The molecule has 1 amide bonds. The number of hydrogen-bond donors (Lipinski definition) is 1. The minimum Gasteiger partial charge on any atom is -0.326 e. The number of nitrogens with one attached hydrogen (secondary N) is 1. The molecule has 2 heteroatoms. The Balaban J connectivity index is 1.96. The first-order valence-corrected chi connectivity index (χ1v) is 8.32. The number of anilines is 1. The summed E-state index contributed by atoms with van der Waals surface area (Å²) >= 11 is 0. The SMILES string of the molecule is CC(C)(C)CCCCCCCCC(=O)Nc1ccccc1. The van der Waals surface area contributed by atoms with E-state index in [2.05, 4.69) is 26.1 Å². The van der Waals surface area contributed by atoms with E-state index in [4.69, 9.17) is 0 Å². The minimum absolute atomic E-state index is 0.133. The summed E-state index contributed by atoms with van der Waals surface area (Å²) in [5.41, 5.74) is 1.36. The summed E-state index contributed by atoms with van der Waals surface area (Å²) in [6.45, 7) is 6.91. The fraction of sp³-hybridized carbons (Fsp3) is 0.632. The highest BCUT2D eigenvalue weighted by atomic mass is 16.1. The Bertz CT molecular complexity index is 392. The Labute approximate surface area is 130 Å². The maximum absolute atomic E-state index is 11.7. The number of benzene rings is 1. The first kappa shape index (κ1) is 17.7. The highest BCUT2D eigenvalue weighted by Gasteiger charge is 2.08. The van der Waals surface area contributed by atoms with E-state index in [0.29, 0.717) is 11.8 Å². The summed E-state index contributed by atoms with van der Waals surface area (Å²) in [4.78, 5) is 11.7. The maximum Gasteiger partial charge on any atom is 0.224 e. The van der Waals surface area contributed by atoms with Gasteiger partial charge in [0.1, 0.15) is 0 Å². The lowest BCUT2D eigenvalue weighted by Gasteiger charge is -2.17. The summed E-state index contributed by atoms with van der Waals surface area (Å²) in [5, 5.41) is 2.93. The number of hydrogen-bond acceptors (Lipinski definition) is 1. The van der Waals surface area contributed by atoms with E-state index in [-0.39, 0.29) is 5.91 Å². The third-order valence-corrected chi connectivity index (χ3v) is 3.64. The van der Waals surface area contributed by atoms with Crippen molar-refractivity contribution in [3.05, 3.63) is 30.3 Å². The molecular weight excluding hydrogens is 258 g/mol. The van der Waals surface area contributed by atoms with Crippen LogP contribution in [0.2, 0.25) is 0 Å². The summed E-state index contributed by atoms with van der Waals surface area (Å²) in [6, 6.07) is 9.68. The average Bonchev–Trinajstić information content (AvgIpc) is 2.41. The van der Waals surface area contributed by atoms with Crippen LogP contribution < -0.4 is 5.32 Å². The standard InChI is InChI=1S/C19H31NO/c1-19(2,3)16-12-7-5-4-6-11-15-18(21)20-17-13-9-8-10-14-17/h8-10,13-14H,4-7,11-12,15-16H2,1-3H3,(H,20,21). The molecule has 118 valence electrons. The van der Waals surface area contributed by atoms with Crippen LogP contribution in [0.3, 0.4) is 0 Å². The molecular formula is C19H31NO. The predicted octanol–water partition coefficient (Wildman–Crippen LogP) is 5.79. The Morgan fingerprint density at radius 2 is 1.48 bits per heavy atom. The molecule has 1 N–H and O–H groups in total. The number of amides is 1. The first-order chi connectivity index (χ1) is 9.97. The number of rotatable bonds is 9. The van der Waals surface area contributed by atoms with Crippen LogP contribution in [0.1, 0.15) is 72.1 Å². The summed E-state index contributed by atoms with van der Waals surface area (Å²) < 4.78 is 0. The quantitative estimate of drug-likeness (QED) is 0.572. The number of para-hydroxylation sites is 1. The van der Waals surface area contributed by atoms with E-state index in [1.807, 2.05) is 30.3 Å². The normalized spacial score (nSPS) is 11.4. The molecule has 0 radical (unpaired) electrons. The summed E-state index contributed by atoms with van der Waals surface area (Å²) in [7, 11) is 0. The molecule has 1 aromatic rings. The van der Waals surface area contributed by atoms with Crippen LogP contribution in [0.5, 0.6) is 0 Å². The van der Waals surface area contributed by atoms with Gasteiger partial charge in [0, 0.05) is 12.1 Å². The smallest absolute Gasteiger partial charge is 0.224 e. The third-order valence-electron chi connectivity index (χ3n) is 3.64. The first-order valence-electron chi connectivity index (χ1n) is 8.32. The number of carbonyl (C=O) groups is 1. The van der Waals surface area contributed by atoms with E-state index in [1.165, 1.54) is 32.1 Å². The van der Waals surface area contributed by atoms with Crippen molar-refractivity contribution >= 4 is 11.6 Å². The monoisotopic (exact) mass is 289 g/mol. The Kier molecular flexibility index (Phi) is 8.11. The second-order valence-electron chi connectivity index (χ2n) is 7.10. The molecule has 0 heterocycles. The summed E-state index contributed by atoms with van der Waals surface area (Å²) in [5.74, 6) is 0.133. The molecule has 0 aliphatic carbocycles. The number of unbranched alkanes of at least 4 members (excludes halogenated alkanes) is 5. The van der Waals surface area contributed by atoms with E-state index >= 15 is 0 Å². The Hall–Kier alpha value is -1.31. The molecule has 0 saturated heterocycles. The topological polar surface area (TPSA) is 29.1 Å². The molecule has 0 saturated carbocycles. The van der Waals surface area contributed by atoms with Crippen LogP contribution >= 0.6 is 0 Å². The zero-order chi connectivity index (χ0) is 15.6. The third kappa shape index (κ3) is 10.1. The van der Waals surface area contributed by atoms with Crippen LogP contribution in [0, 0.1) is 5.41 Å². The fourth-order valence-corrected chi connectivity index (χ4v) is 2.39. The van der Waals surface area contributed by atoms with Gasteiger partial charge < -0.3 is 5.32 Å². The van der Waals surface area contributed by atoms with Crippen LogP contribution in [0.15, 0.2) is 30.3 Å². The average molecular weight is 289 g/mol. The molecule has 1 aromatic carbocycles. The van der Waals surface area contributed by atoms with Gasteiger partial charge in [-0.3, -0.25) is 4.79 Å². The van der Waals surface area contributed by atoms with Crippen molar-refractivity contribution < 1.29 is 4.79 Å². The molecule has 0 aromatic heterocycles. The van der Waals surface area contributed by atoms with Crippen molar-refractivity contribution in [1.29, 1.82) is 0 Å². The molecule has 0 atom stereocenters. The Morgan fingerprint density at radius 1 is 0.905 bits per heavy atom. The van der Waals surface area contributed by atoms with Gasteiger partial charge in [-0.25, -0.2) is 0 Å². The van der Waals surface area contributed by atoms with E-state index in [0.717, 1.165) is 18.5 Å². The van der Waals surface area contributed by atoms with Gasteiger partial charge in [-0.05, 0) is 30.4 Å². The van der Waals surface area contributed by atoms with Gasteiger partial charge in [0.15, 0.2) is 0 Å². The fourth-order valence-electron chi connectivity index (χ4n) is 2.39. The summed E-state index contributed by atoms with van der Waals surface area (Å²) in [6.07, 6.45) is 9.32. The van der Waals surface area contributed by atoms with Crippen molar-refractivity contribution in [2.75, 3.05) is 5.32 Å².